The van der Waals surface area contributed by atoms with Gasteiger partial charge in [-0.1, -0.05) is 71.1 Å². The third-order valence-corrected chi connectivity index (χ3v) is 5.09. The van der Waals surface area contributed by atoms with Crippen molar-refractivity contribution in [1.82, 2.24) is 0 Å². The van der Waals surface area contributed by atoms with Crippen LogP contribution in [-0.4, -0.2) is 13.1 Å². The minimum absolute atomic E-state index is 0.445. The number of hydrogen-bond donors (Lipinski definition) is 1. The second-order valence-corrected chi connectivity index (χ2v) is 7.03. The van der Waals surface area contributed by atoms with Gasteiger partial charge in [-0.15, -0.1) is 0 Å². The third-order valence-electron chi connectivity index (χ3n) is 5.09. The van der Waals surface area contributed by atoms with E-state index in [0.717, 1.165) is 31.3 Å². The van der Waals surface area contributed by atoms with Crippen molar-refractivity contribution >= 4 is 0 Å². The van der Waals surface area contributed by atoms with Crippen molar-refractivity contribution in [3.63, 3.8) is 0 Å². The summed E-state index contributed by atoms with van der Waals surface area (Å²) in [7, 11) is 0. The van der Waals surface area contributed by atoms with Gasteiger partial charge in [0.25, 0.3) is 0 Å². The third kappa shape index (κ3) is 8.97. The molecule has 1 N–H and O–H groups in total. The minimum Gasteiger partial charge on any atom is -0.634 e. The monoisotopic (exact) mass is 283 g/mol. The molecule has 120 valence electrons. The van der Waals surface area contributed by atoms with Crippen LogP contribution in [-0.2, 0) is 0 Å². The van der Waals surface area contributed by atoms with E-state index in [2.05, 4.69) is 6.92 Å². The lowest BCUT2D eigenvalue weighted by Gasteiger charge is -2.21. The van der Waals surface area contributed by atoms with Crippen molar-refractivity contribution in [1.29, 1.82) is 0 Å². The molecule has 0 spiro atoms. The molecular formula is C18H37NO. The summed E-state index contributed by atoms with van der Waals surface area (Å²) in [4.78, 5) is 0. The summed E-state index contributed by atoms with van der Waals surface area (Å²) in [5, 5.41) is 11.8. The SMILES string of the molecule is CC[NH+]([O-])CCCCC1CCCCCCCC(C)CC1. The summed E-state index contributed by atoms with van der Waals surface area (Å²) in [6.45, 7) is 5.96. The maximum absolute atomic E-state index is 11.3. The fourth-order valence-electron chi connectivity index (χ4n) is 3.49. The van der Waals surface area contributed by atoms with Crippen molar-refractivity contribution < 1.29 is 5.06 Å². The molecule has 3 unspecified atom stereocenters. The van der Waals surface area contributed by atoms with Crippen LogP contribution in [0.3, 0.4) is 0 Å². The second kappa shape index (κ2) is 11.6. The number of hydrogen-bond acceptors (Lipinski definition) is 1. The standard InChI is InChI=1S/C18H37NO/c1-3-19(20)16-10-9-13-18-12-8-6-4-5-7-11-17(2)14-15-18/h17-19H,3-16H2,1-2H3. The van der Waals surface area contributed by atoms with Crippen LogP contribution in [0, 0.1) is 17.0 Å². The molecule has 1 aliphatic rings. The Morgan fingerprint density at radius 2 is 1.60 bits per heavy atom. The van der Waals surface area contributed by atoms with Gasteiger partial charge < -0.3 is 10.3 Å². The molecule has 0 aromatic heterocycles. The van der Waals surface area contributed by atoms with E-state index in [9.17, 15) is 5.21 Å². The lowest BCUT2D eigenvalue weighted by Crippen LogP contribution is -3.06. The Labute approximate surface area is 126 Å². The number of quaternary nitrogens is 1. The molecule has 0 saturated heterocycles. The smallest absolute Gasteiger partial charge is 0.0768 e. The molecule has 0 bridgehead atoms. The van der Waals surface area contributed by atoms with E-state index in [-0.39, 0.29) is 0 Å². The molecule has 0 aliphatic heterocycles. The highest BCUT2D eigenvalue weighted by atomic mass is 16.5. The zero-order valence-corrected chi connectivity index (χ0v) is 14.0. The lowest BCUT2D eigenvalue weighted by atomic mass is 9.88. The van der Waals surface area contributed by atoms with Crippen LogP contribution in [0.15, 0.2) is 0 Å². The van der Waals surface area contributed by atoms with E-state index in [1.54, 1.807) is 0 Å². The molecule has 3 atom stereocenters. The van der Waals surface area contributed by atoms with Gasteiger partial charge in [-0.25, -0.2) is 0 Å². The Balaban J connectivity index is 2.21. The van der Waals surface area contributed by atoms with Gasteiger partial charge in [-0.2, -0.15) is 0 Å². The van der Waals surface area contributed by atoms with Crippen LogP contribution in [0.25, 0.3) is 0 Å². The Morgan fingerprint density at radius 1 is 0.900 bits per heavy atom. The van der Waals surface area contributed by atoms with E-state index >= 15 is 0 Å². The quantitative estimate of drug-likeness (QED) is 0.570. The van der Waals surface area contributed by atoms with Crippen LogP contribution in [0.5, 0.6) is 0 Å². The highest BCUT2D eigenvalue weighted by Gasteiger charge is 2.12. The van der Waals surface area contributed by atoms with Crippen molar-refractivity contribution in [3.8, 4) is 0 Å². The number of rotatable bonds is 6. The summed E-state index contributed by atoms with van der Waals surface area (Å²) in [5.41, 5.74) is 0. The van der Waals surface area contributed by atoms with E-state index in [4.69, 9.17) is 0 Å². The highest BCUT2D eigenvalue weighted by molar-refractivity contribution is 4.65. The topological polar surface area (TPSA) is 27.5 Å². The normalized spacial score (nSPS) is 27.8. The summed E-state index contributed by atoms with van der Waals surface area (Å²) < 4.78 is 0. The zero-order chi connectivity index (χ0) is 14.6. The Kier molecular flexibility index (Phi) is 10.4. The number of unbranched alkanes of at least 4 members (excludes halogenated alkanes) is 1. The second-order valence-electron chi connectivity index (χ2n) is 7.03. The molecule has 0 aromatic carbocycles. The molecule has 0 heterocycles. The maximum atomic E-state index is 11.3. The molecule has 0 amide bonds. The first-order chi connectivity index (χ1) is 9.72. The van der Waals surface area contributed by atoms with Crippen molar-refractivity contribution in [2.45, 2.75) is 90.9 Å². The fourth-order valence-corrected chi connectivity index (χ4v) is 3.49. The first-order valence-corrected chi connectivity index (χ1v) is 9.24. The average Bonchev–Trinajstić information content (AvgIpc) is 2.50. The van der Waals surface area contributed by atoms with Crippen LogP contribution in [0.4, 0.5) is 0 Å². The molecule has 2 heteroatoms. The van der Waals surface area contributed by atoms with Crippen molar-refractivity contribution in [3.05, 3.63) is 5.21 Å². The number of hydroxylamine groups is 2. The van der Waals surface area contributed by atoms with Gasteiger partial charge >= 0.3 is 0 Å². The Bertz CT molecular complexity index is 219. The van der Waals surface area contributed by atoms with E-state index < -0.39 is 0 Å². The summed E-state index contributed by atoms with van der Waals surface area (Å²) in [6, 6.07) is 0. The molecule has 1 rings (SSSR count). The summed E-state index contributed by atoms with van der Waals surface area (Å²) in [6.07, 6.45) is 16.7. The first kappa shape index (κ1) is 18.0. The first-order valence-electron chi connectivity index (χ1n) is 9.24. The van der Waals surface area contributed by atoms with Crippen LogP contribution >= 0.6 is 0 Å². The average molecular weight is 284 g/mol. The number of nitrogens with one attached hydrogen (secondary N) is 1. The molecule has 1 aliphatic carbocycles. The van der Waals surface area contributed by atoms with Crippen LogP contribution in [0.1, 0.15) is 90.9 Å². The minimum atomic E-state index is 0.445. The predicted octanol–water partition coefficient (Wildman–Crippen LogP) is 4.34. The van der Waals surface area contributed by atoms with Gasteiger partial charge in [0.15, 0.2) is 0 Å². The molecule has 20 heavy (non-hydrogen) atoms. The van der Waals surface area contributed by atoms with Gasteiger partial charge in [-0.05, 0) is 31.6 Å². The maximum Gasteiger partial charge on any atom is 0.0768 e. The van der Waals surface area contributed by atoms with Gasteiger partial charge in [0.05, 0.1) is 13.1 Å². The van der Waals surface area contributed by atoms with Gasteiger partial charge in [0.2, 0.25) is 0 Å². The van der Waals surface area contributed by atoms with Crippen LogP contribution in [0.2, 0.25) is 0 Å². The predicted molar refractivity (Wildman–Crippen MR) is 87.8 cm³/mol. The largest absolute Gasteiger partial charge is 0.634 e. The van der Waals surface area contributed by atoms with E-state index in [1.165, 1.54) is 70.6 Å². The molecule has 2 nitrogen and oxygen atoms in total. The van der Waals surface area contributed by atoms with E-state index in [1.807, 2.05) is 6.92 Å². The summed E-state index contributed by atoms with van der Waals surface area (Å²) in [5.74, 6) is 1.87. The van der Waals surface area contributed by atoms with Crippen molar-refractivity contribution in [2.75, 3.05) is 13.1 Å². The van der Waals surface area contributed by atoms with Crippen LogP contribution < -0.4 is 5.06 Å². The van der Waals surface area contributed by atoms with Gasteiger partial charge in [0.1, 0.15) is 0 Å². The Hall–Kier alpha value is -0.0800. The zero-order valence-electron chi connectivity index (χ0n) is 14.0. The van der Waals surface area contributed by atoms with Crippen molar-refractivity contribution in [2.24, 2.45) is 11.8 Å². The highest BCUT2D eigenvalue weighted by Crippen LogP contribution is 2.27. The molecule has 0 radical (unpaired) electrons. The summed E-state index contributed by atoms with van der Waals surface area (Å²) >= 11 is 0. The molecule has 0 aromatic rings. The van der Waals surface area contributed by atoms with Gasteiger partial charge in [0, 0.05) is 0 Å². The lowest BCUT2D eigenvalue weighted by molar-refractivity contribution is -0.846. The fraction of sp³-hybridized carbons (Fsp3) is 1.00. The Morgan fingerprint density at radius 3 is 2.35 bits per heavy atom. The molecule has 1 fully saturated rings. The van der Waals surface area contributed by atoms with Gasteiger partial charge in [-0.3, -0.25) is 0 Å². The van der Waals surface area contributed by atoms with E-state index in [0.29, 0.717) is 5.06 Å². The molecule has 1 saturated carbocycles. The molecular weight excluding hydrogens is 246 g/mol.